The molecule has 130 valence electrons. The van der Waals surface area contributed by atoms with E-state index >= 15 is 0 Å². The zero-order valence-corrected chi connectivity index (χ0v) is 20.1. The Kier molecular flexibility index (Phi) is 51.6. The van der Waals surface area contributed by atoms with Crippen LogP contribution < -0.4 is 0 Å². The summed E-state index contributed by atoms with van der Waals surface area (Å²) in [6.45, 7) is 17.1. The van der Waals surface area contributed by atoms with Gasteiger partial charge in [0.1, 0.15) is 0 Å². The molecule has 0 spiro atoms. The summed E-state index contributed by atoms with van der Waals surface area (Å²) in [4.78, 5) is 0. The fraction of sp³-hybridized carbons (Fsp3) is 0.444. The van der Waals surface area contributed by atoms with Crippen molar-refractivity contribution in [2.45, 2.75) is 53.4 Å². The van der Waals surface area contributed by atoms with Crippen molar-refractivity contribution in [1.29, 1.82) is 0 Å². The second kappa shape index (κ2) is 33.3. The molecule has 0 amide bonds. The summed E-state index contributed by atoms with van der Waals surface area (Å²) in [5.41, 5.74) is 2.55. The van der Waals surface area contributed by atoms with Gasteiger partial charge in [0.2, 0.25) is 0 Å². The first-order chi connectivity index (χ1) is 9.62. The van der Waals surface area contributed by atoms with E-state index in [-0.39, 0.29) is 24.8 Å². The van der Waals surface area contributed by atoms with Gasteiger partial charge in [0.15, 0.2) is 0 Å². The van der Waals surface area contributed by atoms with E-state index in [9.17, 15) is 0 Å². The van der Waals surface area contributed by atoms with Crippen molar-refractivity contribution in [3.05, 3.63) is 61.4 Å². The Labute approximate surface area is 169 Å². The third-order valence-electron chi connectivity index (χ3n) is 1.73. The van der Waals surface area contributed by atoms with E-state index in [0.717, 1.165) is 25.7 Å². The molecule has 0 saturated heterocycles. The zero-order chi connectivity index (χ0) is 16.2. The van der Waals surface area contributed by atoms with Gasteiger partial charge in [0, 0.05) is 0 Å². The monoisotopic (exact) mass is 436 g/mol. The number of hydrogen-bond donors (Lipinski definition) is 0. The van der Waals surface area contributed by atoms with Gasteiger partial charge < -0.3 is 13.8 Å². The minimum atomic E-state index is 0. The molecule has 0 aromatic carbocycles. The molecule has 2 rings (SSSR count). The average Bonchev–Trinajstić information content (AvgIpc) is 3.08. The summed E-state index contributed by atoms with van der Waals surface area (Å²) >= 11 is 1.58. The Morgan fingerprint density at radius 1 is 0.909 bits per heavy atom. The van der Waals surface area contributed by atoms with Crippen LogP contribution in [-0.2, 0) is 23.3 Å². The molecule has 0 unspecified atom stereocenters. The van der Waals surface area contributed by atoms with Crippen LogP contribution in [0.3, 0.4) is 0 Å². The van der Waals surface area contributed by atoms with Gasteiger partial charge in [-0.25, -0.2) is 23.3 Å². The number of rotatable bonds is 0. The summed E-state index contributed by atoms with van der Waals surface area (Å²) in [6, 6.07) is 0. The Hall–Kier alpha value is 0.640. The Balaban J connectivity index is -0.0000000573. The van der Waals surface area contributed by atoms with Crippen molar-refractivity contribution in [2.24, 2.45) is 0 Å². The molecule has 0 fully saturated rings. The predicted octanol–water partition coefficient (Wildman–Crippen LogP) is 5.78. The second-order valence-electron chi connectivity index (χ2n) is 3.93. The molecular weight excluding hydrogens is 406 g/mol. The van der Waals surface area contributed by atoms with Crippen LogP contribution >= 0.6 is 24.8 Å². The molecule has 0 saturated carbocycles. The van der Waals surface area contributed by atoms with Gasteiger partial charge in [-0.1, -0.05) is 27.7 Å². The Morgan fingerprint density at radius 3 is 1.18 bits per heavy atom. The van der Waals surface area contributed by atoms with E-state index in [4.69, 9.17) is 0 Å². The molecule has 0 heterocycles. The summed E-state index contributed by atoms with van der Waals surface area (Å²) in [5.74, 6) is 0. The molecule has 2 aliphatic rings. The van der Waals surface area contributed by atoms with Crippen LogP contribution in [0.25, 0.3) is 0 Å². The maximum absolute atomic E-state index is 3.49. The van der Waals surface area contributed by atoms with Gasteiger partial charge in [0.05, 0.1) is 0 Å². The molecule has 4 heteroatoms. The van der Waals surface area contributed by atoms with Crippen LogP contribution in [0.4, 0.5) is 0 Å². The van der Waals surface area contributed by atoms with E-state index in [1.165, 1.54) is 11.1 Å². The third kappa shape index (κ3) is 37.1. The van der Waals surface area contributed by atoms with Crippen molar-refractivity contribution < 1.29 is 23.3 Å². The fourth-order valence-electron chi connectivity index (χ4n) is 1.03. The van der Waals surface area contributed by atoms with Gasteiger partial charge in [-0.15, -0.1) is 37.7 Å². The van der Waals surface area contributed by atoms with E-state index < -0.39 is 0 Å². The zero-order valence-electron chi connectivity index (χ0n) is 14.6. The molecule has 0 bridgehead atoms. The van der Waals surface area contributed by atoms with Gasteiger partial charge in [0.25, 0.3) is 0 Å². The van der Waals surface area contributed by atoms with Crippen LogP contribution in [0.1, 0.15) is 53.4 Å². The maximum atomic E-state index is 3.49. The SMILES string of the molecule is CC1=[C-]CC=C1.CC1=[C-]CC=C1.Cl.Cl.[CH2-]CC.[CH2-]CC.[SiH2]=[Zr]. The molecule has 2 aliphatic carbocycles. The van der Waals surface area contributed by atoms with Crippen molar-refractivity contribution in [3.63, 3.8) is 0 Å². The predicted molar refractivity (Wildman–Crippen MR) is 107 cm³/mol. The van der Waals surface area contributed by atoms with Gasteiger partial charge in [-0.05, 0) is 0 Å². The van der Waals surface area contributed by atoms with Crippen LogP contribution in [-0.4, -0.2) is 6.88 Å². The van der Waals surface area contributed by atoms with Gasteiger partial charge in [-0.3, -0.25) is 12.2 Å². The van der Waals surface area contributed by atoms with E-state index in [1.54, 1.807) is 23.3 Å². The van der Waals surface area contributed by atoms with Gasteiger partial charge >= 0.3 is 30.2 Å². The van der Waals surface area contributed by atoms with Crippen LogP contribution in [0.2, 0.25) is 0 Å². The van der Waals surface area contributed by atoms with Crippen LogP contribution in [0, 0.1) is 26.0 Å². The molecule has 0 aromatic rings. The van der Waals surface area contributed by atoms with E-state index in [1.807, 2.05) is 20.7 Å². The quantitative estimate of drug-likeness (QED) is 0.332. The normalized spacial score (nSPS) is 11.9. The van der Waals surface area contributed by atoms with Crippen molar-refractivity contribution in [1.82, 2.24) is 0 Å². The summed E-state index contributed by atoms with van der Waals surface area (Å²) in [6.07, 6.45) is 18.7. The van der Waals surface area contributed by atoms with Crippen LogP contribution in [0.15, 0.2) is 35.5 Å². The van der Waals surface area contributed by atoms with Crippen LogP contribution in [0.5, 0.6) is 0 Å². The van der Waals surface area contributed by atoms with Crippen molar-refractivity contribution >= 4 is 31.7 Å². The van der Waals surface area contributed by atoms with E-state index in [2.05, 4.69) is 64.2 Å². The van der Waals surface area contributed by atoms with E-state index in [0.29, 0.717) is 0 Å². The first-order valence-corrected chi connectivity index (χ1v) is 13.0. The molecule has 0 atom stereocenters. The van der Waals surface area contributed by atoms with Gasteiger partial charge in [-0.2, -0.15) is 25.0 Å². The third-order valence-corrected chi connectivity index (χ3v) is 1.73. The standard InChI is InChI=1S/2C6H7.2C3H7.2ClH.H2Si.Zr/c2*1-6-4-2-3-5-6;2*1-3-2;;;;/h2*2,4H,3H2,1H3;2*1,3H2,2H3;2*1H;1H2;/q4*-1;;;;. The number of allylic oxidation sites excluding steroid dienone is 8. The fourth-order valence-corrected chi connectivity index (χ4v) is 1.03. The molecular formula is C18H32Cl2SiZr-4. The average molecular weight is 439 g/mol. The molecule has 0 nitrogen and oxygen atoms in total. The Morgan fingerprint density at radius 2 is 1.14 bits per heavy atom. The summed E-state index contributed by atoms with van der Waals surface area (Å²) in [7, 11) is 0. The summed E-state index contributed by atoms with van der Waals surface area (Å²) < 4.78 is 0. The molecule has 22 heavy (non-hydrogen) atoms. The number of halogens is 2. The number of hydrogen-bond acceptors (Lipinski definition) is 0. The minimum absolute atomic E-state index is 0. The molecule has 0 aliphatic heterocycles. The second-order valence-corrected chi connectivity index (χ2v) is 3.93. The van der Waals surface area contributed by atoms with Crippen molar-refractivity contribution in [3.8, 4) is 0 Å². The Bertz CT molecular complexity index is 273. The van der Waals surface area contributed by atoms with Crippen molar-refractivity contribution in [2.75, 3.05) is 0 Å². The first kappa shape index (κ1) is 34.1. The first-order valence-electron chi connectivity index (χ1n) is 7.04. The molecule has 0 radical (unpaired) electrons. The molecule has 0 N–H and O–H groups in total. The summed E-state index contributed by atoms with van der Waals surface area (Å²) in [5, 5.41) is 0. The molecule has 0 aromatic heterocycles. The topological polar surface area (TPSA) is 0 Å².